The highest BCUT2D eigenvalue weighted by Gasteiger charge is 2.31. The molecule has 0 aliphatic carbocycles. The maximum absolute atomic E-state index is 12.4. The van der Waals surface area contributed by atoms with Crippen molar-refractivity contribution in [2.75, 3.05) is 26.2 Å². The number of hydrogen-bond acceptors (Lipinski definition) is 6. The summed E-state index contributed by atoms with van der Waals surface area (Å²) in [6.45, 7) is 2.89. The molecule has 1 aliphatic heterocycles. The van der Waals surface area contributed by atoms with Crippen LogP contribution in [-0.4, -0.2) is 52.0 Å². The predicted octanol–water partition coefficient (Wildman–Crippen LogP) is 3.53. The van der Waals surface area contributed by atoms with Gasteiger partial charge in [0, 0.05) is 19.7 Å². The van der Waals surface area contributed by atoms with Crippen molar-refractivity contribution in [3.05, 3.63) is 48.4 Å². The SMILES string of the molecule is O=S(=O)(NCCCN(Cc1ccco1)C[C@H]1CCCO1)c1ccc(OC(F)(F)F)cc1. The topological polar surface area (TPSA) is 81.0 Å². The Morgan fingerprint density at radius 2 is 1.97 bits per heavy atom. The van der Waals surface area contributed by atoms with E-state index in [1.165, 1.54) is 0 Å². The van der Waals surface area contributed by atoms with E-state index in [1.807, 2.05) is 12.1 Å². The van der Waals surface area contributed by atoms with Gasteiger partial charge in [-0.2, -0.15) is 0 Å². The van der Waals surface area contributed by atoms with Gasteiger partial charge in [0.1, 0.15) is 11.5 Å². The summed E-state index contributed by atoms with van der Waals surface area (Å²) in [4.78, 5) is 2.03. The molecule has 1 saturated heterocycles. The van der Waals surface area contributed by atoms with Crippen molar-refractivity contribution in [2.24, 2.45) is 0 Å². The van der Waals surface area contributed by atoms with E-state index in [-0.39, 0.29) is 17.5 Å². The van der Waals surface area contributed by atoms with E-state index >= 15 is 0 Å². The maximum atomic E-state index is 12.4. The molecule has 0 bridgehead atoms. The van der Waals surface area contributed by atoms with E-state index in [0.29, 0.717) is 19.5 Å². The Hall–Kier alpha value is -2.08. The first-order valence-corrected chi connectivity index (χ1v) is 11.4. The lowest BCUT2D eigenvalue weighted by Gasteiger charge is -2.24. The Balaban J connectivity index is 1.49. The summed E-state index contributed by atoms with van der Waals surface area (Å²) in [5, 5.41) is 0. The van der Waals surface area contributed by atoms with Crippen LogP contribution in [0.25, 0.3) is 0 Å². The number of hydrogen-bond donors (Lipinski definition) is 1. The van der Waals surface area contributed by atoms with Crippen LogP contribution in [0.3, 0.4) is 0 Å². The second-order valence-electron chi connectivity index (χ2n) is 7.22. The summed E-state index contributed by atoms with van der Waals surface area (Å²) in [7, 11) is -3.84. The Morgan fingerprint density at radius 3 is 2.58 bits per heavy atom. The summed E-state index contributed by atoms with van der Waals surface area (Å²) in [5.41, 5.74) is 0. The lowest BCUT2D eigenvalue weighted by Crippen LogP contribution is -2.34. The van der Waals surface area contributed by atoms with E-state index in [0.717, 1.165) is 56.0 Å². The molecule has 0 saturated carbocycles. The zero-order valence-corrected chi connectivity index (χ0v) is 17.6. The molecular formula is C20H25F3N2O5S. The zero-order chi connectivity index (χ0) is 22.3. The van der Waals surface area contributed by atoms with Crippen LogP contribution < -0.4 is 9.46 Å². The highest BCUT2D eigenvalue weighted by atomic mass is 32.2. The van der Waals surface area contributed by atoms with Crippen LogP contribution in [0.4, 0.5) is 13.2 Å². The molecule has 0 amide bonds. The number of sulfonamides is 1. The van der Waals surface area contributed by atoms with Gasteiger partial charge in [-0.1, -0.05) is 0 Å². The van der Waals surface area contributed by atoms with Gasteiger partial charge in [-0.05, 0) is 62.2 Å². The standard InChI is InChI=1S/C20H25F3N2O5S/c21-20(22,23)30-16-6-8-19(9-7-16)31(26,27)24-10-3-11-25(14-17-4-1-12-28-17)15-18-5-2-13-29-18/h1,4,6-9,12,18,24H,2-3,5,10-11,13-15H2/t18-/m1/s1. The maximum Gasteiger partial charge on any atom is 0.573 e. The minimum Gasteiger partial charge on any atom is -0.468 e. The van der Waals surface area contributed by atoms with Crippen LogP contribution in [0.2, 0.25) is 0 Å². The van der Waals surface area contributed by atoms with Crippen LogP contribution in [0.5, 0.6) is 5.75 Å². The number of ether oxygens (including phenoxy) is 2. The Labute approximate surface area is 179 Å². The Kier molecular flexibility index (Phi) is 7.98. The van der Waals surface area contributed by atoms with Crippen LogP contribution in [0.15, 0.2) is 52.0 Å². The minimum absolute atomic E-state index is 0.131. The summed E-state index contributed by atoms with van der Waals surface area (Å²) < 4.78 is 78.8. The molecule has 0 unspecified atom stereocenters. The molecule has 172 valence electrons. The summed E-state index contributed by atoms with van der Waals surface area (Å²) in [6.07, 6.45) is -0.491. The molecule has 1 aromatic heterocycles. The van der Waals surface area contributed by atoms with Gasteiger partial charge in [-0.3, -0.25) is 4.90 Å². The van der Waals surface area contributed by atoms with Crippen molar-refractivity contribution >= 4 is 10.0 Å². The molecule has 31 heavy (non-hydrogen) atoms. The van der Waals surface area contributed by atoms with Gasteiger partial charge < -0.3 is 13.9 Å². The van der Waals surface area contributed by atoms with Crippen LogP contribution >= 0.6 is 0 Å². The van der Waals surface area contributed by atoms with Crippen LogP contribution in [-0.2, 0) is 21.3 Å². The lowest BCUT2D eigenvalue weighted by molar-refractivity contribution is -0.274. The fourth-order valence-electron chi connectivity index (χ4n) is 3.35. The summed E-state index contributed by atoms with van der Waals surface area (Å²) in [6, 6.07) is 7.79. The van der Waals surface area contributed by atoms with Gasteiger partial charge >= 0.3 is 6.36 Å². The molecule has 11 heteroatoms. The highest BCUT2D eigenvalue weighted by molar-refractivity contribution is 7.89. The normalized spacial score (nSPS) is 17.4. The quantitative estimate of drug-likeness (QED) is 0.515. The number of nitrogens with zero attached hydrogens (tertiary/aromatic N) is 1. The van der Waals surface area contributed by atoms with Gasteiger partial charge in [0.15, 0.2) is 0 Å². The fraction of sp³-hybridized carbons (Fsp3) is 0.500. The third kappa shape index (κ3) is 7.84. The third-order valence-electron chi connectivity index (χ3n) is 4.76. The zero-order valence-electron chi connectivity index (χ0n) is 16.8. The monoisotopic (exact) mass is 462 g/mol. The molecule has 1 fully saturated rings. The average Bonchev–Trinajstić information content (AvgIpc) is 3.38. The third-order valence-corrected chi connectivity index (χ3v) is 6.23. The molecule has 1 aliphatic rings. The number of rotatable bonds is 11. The number of halogens is 3. The Bertz CT molecular complexity index is 896. The molecule has 1 N–H and O–H groups in total. The highest BCUT2D eigenvalue weighted by Crippen LogP contribution is 2.24. The molecule has 0 spiro atoms. The largest absolute Gasteiger partial charge is 0.573 e. The minimum atomic E-state index is -4.83. The first-order valence-electron chi connectivity index (χ1n) is 9.93. The van der Waals surface area contributed by atoms with E-state index in [4.69, 9.17) is 9.15 Å². The molecule has 2 heterocycles. The predicted molar refractivity (Wildman–Crippen MR) is 106 cm³/mol. The van der Waals surface area contributed by atoms with Gasteiger partial charge in [0.05, 0.1) is 23.8 Å². The van der Waals surface area contributed by atoms with Crippen molar-refractivity contribution in [3.8, 4) is 5.75 Å². The average molecular weight is 462 g/mol. The number of nitrogens with one attached hydrogen (secondary N) is 1. The van der Waals surface area contributed by atoms with Crippen molar-refractivity contribution in [1.82, 2.24) is 9.62 Å². The summed E-state index contributed by atoms with van der Waals surface area (Å²) in [5.74, 6) is 0.342. The van der Waals surface area contributed by atoms with Crippen LogP contribution in [0, 0.1) is 0 Å². The molecular weight excluding hydrogens is 437 g/mol. The Morgan fingerprint density at radius 1 is 1.19 bits per heavy atom. The number of furan rings is 1. The van der Waals surface area contributed by atoms with Crippen LogP contribution in [0.1, 0.15) is 25.0 Å². The van der Waals surface area contributed by atoms with Gasteiger partial charge in [0.25, 0.3) is 0 Å². The van der Waals surface area contributed by atoms with E-state index in [2.05, 4.69) is 14.4 Å². The molecule has 0 radical (unpaired) electrons. The van der Waals surface area contributed by atoms with Crippen molar-refractivity contribution in [1.29, 1.82) is 0 Å². The lowest BCUT2D eigenvalue weighted by atomic mass is 10.2. The second-order valence-corrected chi connectivity index (χ2v) is 8.99. The first kappa shape index (κ1) is 23.6. The molecule has 7 nitrogen and oxygen atoms in total. The van der Waals surface area contributed by atoms with Crippen molar-refractivity contribution in [3.63, 3.8) is 0 Å². The molecule has 2 aromatic rings. The smallest absolute Gasteiger partial charge is 0.468 e. The first-order chi connectivity index (χ1) is 14.7. The second kappa shape index (κ2) is 10.5. The van der Waals surface area contributed by atoms with Gasteiger partial charge in [-0.15, -0.1) is 13.2 Å². The van der Waals surface area contributed by atoms with Crippen molar-refractivity contribution < 1.29 is 35.5 Å². The van der Waals surface area contributed by atoms with Gasteiger partial charge in [-0.25, -0.2) is 13.1 Å². The fourth-order valence-corrected chi connectivity index (χ4v) is 4.42. The molecule has 3 rings (SSSR count). The van der Waals surface area contributed by atoms with E-state index < -0.39 is 22.1 Å². The summed E-state index contributed by atoms with van der Waals surface area (Å²) >= 11 is 0. The van der Waals surface area contributed by atoms with Gasteiger partial charge in [0.2, 0.25) is 10.0 Å². The molecule has 1 atom stereocenters. The molecule has 1 aromatic carbocycles. The van der Waals surface area contributed by atoms with E-state index in [9.17, 15) is 21.6 Å². The van der Waals surface area contributed by atoms with Crippen molar-refractivity contribution in [2.45, 2.75) is 43.2 Å². The number of benzene rings is 1. The number of alkyl halides is 3. The van der Waals surface area contributed by atoms with E-state index in [1.54, 1.807) is 6.26 Å².